The summed E-state index contributed by atoms with van der Waals surface area (Å²) in [6.45, 7) is -5.34. The zero-order valence-electron chi connectivity index (χ0n) is 8.48. The first-order valence-electron chi connectivity index (χ1n) is 3.99. The van der Waals surface area contributed by atoms with Gasteiger partial charge in [0, 0.05) is 6.20 Å². The Kier molecular flexibility index (Phi) is 6.13. The van der Waals surface area contributed by atoms with Crippen molar-refractivity contribution in [3.63, 3.8) is 0 Å². The second kappa shape index (κ2) is 6.00. The molecule has 1 nitrogen and oxygen atoms in total. The molecule has 1 atom stereocenters. The topological polar surface area (TPSA) is 12.9 Å². The largest absolute Gasteiger partial charge is 1.00 e. The van der Waals surface area contributed by atoms with E-state index in [1.165, 1.54) is 0 Å². The molecule has 0 saturated carbocycles. The fourth-order valence-electron chi connectivity index (χ4n) is 0.928. The summed E-state index contributed by atoms with van der Waals surface area (Å²) in [6, 6.07) is 0.753. The van der Waals surface area contributed by atoms with Gasteiger partial charge in [-0.2, -0.15) is 13.2 Å². The minimum absolute atomic E-state index is 0. The van der Waals surface area contributed by atoms with Crippen LogP contribution in [-0.4, -0.2) is 18.1 Å². The number of alkyl halides is 4. The zero-order chi connectivity index (χ0) is 12.6. The SMILES string of the molecule is FC(c1ccc([B-](F)(F)F)cn1)C(F)(F)F.[K+]. The Labute approximate surface area is 134 Å². The summed E-state index contributed by atoms with van der Waals surface area (Å²) in [7, 11) is 0. The van der Waals surface area contributed by atoms with Crippen LogP contribution in [0.5, 0.6) is 0 Å². The van der Waals surface area contributed by atoms with Crippen LogP contribution < -0.4 is 56.8 Å². The summed E-state index contributed by atoms with van der Waals surface area (Å²) in [6.07, 6.45) is -8.35. The summed E-state index contributed by atoms with van der Waals surface area (Å²) in [5.41, 5.74) is -2.26. The Hall–Kier alpha value is 0.361. The van der Waals surface area contributed by atoms with Crippen molar-refractivity contribution in [1.82, 2.24) is 4.98 Å². The molecule has 1 unspecified atom stereocenters. The Balaban J connectivity index is 0.00000256. The first-order chi connectivity index (χ1) is 7.12. The van der Waals surface area contributed by atoms with Gasteiger partial charge in [-0.3, -0.25) is 4.98 Å². The van der Waals surface area contributed by atoms with Gasteiger partial charge in [0.15, 0.2) is 0 Å². The molecular formula is C7H4BF7KN. The smallest absolute Gasteiger partial charge is 0.445 e. The average Bonchev–Trinajstić information content (AvgIpc) is 2.14. The van der Waals surface area contributed by atoms with E-state index >= 15 is 0 Å². The van der Waals surface area contributed by atoms with Gasteiger partial charge in [-0.05, 0) is 6.07 Å². The molecule has 0 aliphatic rings. The molecule has 0 fully saturated rings. The second-order valence-electron chi connectivity index (χ2n) is 3.00. The number of hydrogen-bond acceptors (Lipinski definition) is 1. The monoisotopic (exact) mass is 285 g/mol. The van der Waals surface area contributed by atoms with E-state index in [2.05, 4.69) is 4.98 Å². The van der Waals surface area contributed by atoms with E-state index in [4.69, 9.17) is 0 Å². The molecular weight excluding hydrogens is 281 g/mol. The van der Waals surface area contributed by atoms with Crippen LogP contribution in [0.1, 0.15) is 11.9 Å². The van der Waals surface area contributed by atoms with E-state index in [1.807, 2.05) is 0 Å². The number of nitrogens with zero attached hydrogens (tertiary/aromatic N) is 1. The van der Waals surface area contributed by atoms with Gasteiger partial charge in [0.2, 0.25) is 6.17 Å². The number of pyridine rings is 1. The minimum Gasteiger partial charge on any atom is -0.445 e. The van der Waals surface area contributed by atoms with Crippen molar-refractivity contribution in [2.24, 2.45) is 0 Å². The molecule has 0 aromatic carbocycles. The number of rotatable bonds is 2. The Morgan fingerprint density at radius 2 is 1.65 bits per heavy atom. The molecule has 1 rings (SSSR count). The summed E-state index contributed by atoms with van der Waals surface area (Å²) in [5.74, 6) is 0. The van der Waals surface area contributed by atoms with Crippen molar-refractivity contribution in [2.75, 3.05) is 0 Å². The van der Waals surface area contributed by atoms with Gasteiger partial charge in [0.25, 0.3) is 0 Å². The van der Waals surface area contributed by atoms with Gasteiger partial charge in [-0.25, -0.2) is 4.39 Å². The van der Waals surface area contributed by atoms with Gasteiger partial charge < -0.3 is 12.9 Å². The number of hydrogen-bond donors (Lipinski definition) is 0. The Bertz CT molecular complexity index is 360. The maximum absolute atomic E-state index is 12.6. The van der Waals surface area contributed by atoms with Crippen molar-refractivity contribution in [3.05, 3.63) is 24.0 Å². The minimum atomic E-state index is -5.34. The summed E-state index contributed by atoms with van der Waals surface area (Å²) in [4.78, 5) is 2.81. The first-order valence-corrected chi connectivity index (χ1v) is 3.99. The van der Waals surface area contributed by atoms with Crippen molar-refractivity contribution in [1.29, 1.82) is 0 Å². The van der Waals surface area contributed by atoms with Gasteiger partial charge in [0.1, 0.15) is 0 Å². The van der Waals surface area contributed by atoms with Crippen molar-refractivity contribution < 1.29 is 81.9 Å². The zero-order valence-corrected chi connectivity index (χ0v) is 11.6. The van der Waals surface area contributed by atoms with Crippen molar-refractivity contribution in [3.8, 4) is 0 Å². The van der Waals surface area contributed by atoms with Crippen LogP contribution in [0.25, 0.3) is 0 Å². The fraction of sp³-hybridized carbons (Fsp3) is 0.286. The van der Waals surface area contributed by atoms with Crippen LogP contribution in [0.2, 0.25) is 0 Å². The van der Waals surface area contributed by atoms with E-state index < -0.39 is 30.5 Å². The van der Waals surface area contributed by atoms with E-state index in [9.17, 15) is 30.5 Å². The molecule has 0 bridgehead atoms. The van der Waals surface area contributed by atoms with Gasteiger partial charge >= 0.3 is 64.5 Å². The molecule has 90 valence electrons. The van der Waals surface area contributed by atoms with Crippen LogP contribution in [0.3, 0.4) is 0 Å². The second-order valence-corrected chi connectivity index (χ2v) is 3.00. The van der Waals surface area contributed by atoms with Crippen LogP contribution in [0, 0.1) is 0 Å². The summed E-state index contributed by atoms with van der Waals surface area (Å²) < 4.78 is 84.3. The third-order valence-electron chi connectivity index (χ3n) is 1.73. The van der Waals surface area contributed by atoms with E-state index in [-0.39, 0.29) is 57.6 Å². The summed E-state index contributed by atoms with van der Waals surface area (Å²) in [5, 5.41) is 0. The quantitative estimate of drug-likeness (QED) is 0.538. The molecule has 1 heterocycles. The van der Waals surface area contributed by atoms with E-state index in [0.717, 1.165) is 0 Å². The normalized spacial score (nSPS) is 14.1. The van der Waals surface area contributed by atoms with E-state index in [0.29, 0.717) is 12.1 Å². The third kappa shape index (κ3) is 4.86. The van der Waals surface area contributed by atoms with Crippen LogP contribution >= 0.6 is 0 Å². The predicted molar refractivity (Wildman–Crippen MR) is 42.9 cm³/mol. The van der Waals surface area contributed by atoms with Gasteiger partial charge in [-0.15, -0.1) is 0 Å². The molecule has 0 N–H and O–H groups in total. The number of halogens is 7. The molecule has 0 radical (unpaired) electrons. The third-order valence-corrected chi connectivity index (χ3v) is 1.73. The molecule has 0 amide bonds. The van der Waals surface area contributed by atoms with Gasteiger partial charge in [-0.1, -0.05) is 11.5 Å². The Morgan fingerprint density at radius 1 is 1.12 bits per heavy atom. The summed E-state index contributed by atoms with van der Waals surface area (Å²) >= 11 is 0. The molecule has 0 spiro atoms. The van der Waals surface area contributed by atoms with Crippen molar-refractivity contribution in [2.45, 2.75) is 12.3 Å². The fourth-order valence-corrected chi connectivity index (χ4v) is 0.928. The number of aromatic nitrogens is 1. The predicted octanol–water partition coefficient (Wildman–Crippen LogP) is -0.287. The maximum Gasteiger partial charge on any atom is 1.00 e. The van der Waals surface area contributed by atoms with Crippen LogP contribution in [-0.2, 0) is 0 Å². The Morgan fingerprint density at radius 3 is 1.94 bits per heavy atom. The van der Waals surface area contributed by atoms with Crippen LogP contribution in [0.4, 0.5) is 30.5 Å². The first kappa shape index (κ1) is 17.4. The van der Waals surface area contributed by atoms with Crippen LogP contribution in [0.15, 0.2) is 18.3 Å². The maximum atomic E-state index is 12.6. The van der Waals surface area contributed by atoms with Gasteiger partial charge in [0.05, 0.1) is 5.69 Å². The molecule has 0 aliphatic carbocycles. The molecule has 0 saturated heterocycles. The molecule has 1 aromatic heterocycles. The average molecular weight is 285 g/mol. The molecule has 10 heteroatoms. The molecule has 17 heavy (non-hydrogen) atoms. The van der Waals surface area contributed by atoms with E-state index in [1.54, 1.807) is 0 Å². The van der Waals surface area contributed by atoms with Crippen molar-refractivity contribution >= 4 is 12.4 Å². The standard InChI is InChI=1S/C7H4BF7N.K/c9-6(7(10,11)12)5-2-1-4(3-16-5)8(13,14)15;/h1-3,6H;/q-1;+1. The molecule has 0 aliphatic heterocycles. The molecule has 1 aromatic rings.